The lowest BCUT2D eigenvalue weighted by Crippen LogP contribution is -2.23. The van der Waals surface area contributed by atoms with Crippen molar-refractivity contribution in [2.24, 2.45) is 0 Å². The van der Waals surface area contributed by atoms with Crippen LogP contribution < -0.4 is 0 Å². The van der Waals surface area contributed by atoms with E-state index < -0.39 is 0 Å². The molecule has 0 N–H and O–H groups in total. The Kier molecular flexibility index (Phi) is 3.49. The fraction of sp³-hybridized carbons (Fsp3) is 0.267. The molecule has 0 aliphatic carbocycles. The van der Waals surface area contributed by atoms with Gasteiger partial charge in [-0.15, -0.1) is 11.6 Å². The van der Waals surface area contributed by atoms with Crippen LogP contribution in [0.5, 0.6) is 0 Å². The summed E-state index contributed by atoms with van der Waals surface area (Å²) in [4.78, 5) is 4.17. The lowest BCUT2D eigenvalue weighted by molar-refractivity contribution is 0.502. The van der Waals surface area contributed by atoms with Crippen molar-refractivity contribution in [3.63, 3.8) is 0 Å². The Morgan fingerprint density at radius 1 is 1.06 bits per heavy atom. The quantitative estimate of drug-likeness (QED) is 0.733. The van der Waals surface area contributed by atoms with Crippen molar-refractivity contribution in [3.05, 3.63) is 66.0 Å². The van der Waals surface area contributed by atoms with Gasteiger partial charge in [0.2, 0.25) is 0 Å². The number of hydrogen-bond acceptors (Lipinski definition) is 1. The summed E-state index contributed by atoms with van der Waals surface area (Å²) >= 11 is 6.60. The van der Waals surface area contributed by atoms with Crippen LogP contribution in [0.25, 0.3) is 0 Å². The molecule has 1 aromatic carbocycles. The largest absolute Gasteiger partial charge is 0.264 e. The highest BCUT2D eigenvalue weighted by Gasteiger charge is 2.30. The standard InChI is InChI=1S/C15H16ClN/c1-15(2,13-9-6-10-17-11-13)14(16)12-7-4-3-5-8-12/h3-11,14H,1-2H3/t14-/m1/s1. The number of pyridine rings is 1. The van der Waals surface area contributed by atoms with Gasteiger partial charge in [0.25, 0.3) is 0 Å². The second kappa shape index (κ2) is 4.89. The molecular formula is C15H16ClN. The van der Waals surface area contributed by atoms with E-state index in [1.807, 2.05) is 30.5 Å². The number of hydrogen-bond donors (Lipinski definition) is 0. The van der Waals surface area contributed by atoms with E-state index in [4.69, 9.17) is 11.6 Å². The molecule has 0 aliphatic rings. The summed E-state index contributed by atoms with van der Waals surface area (Å²) in [7, 11) is 0. The van der Waals surface area contributed by atoms with Crippen LogP contribution in [0.3, 0.4) is 0 Å². The van der Waals surface area contributed by atoms with E-state index in [9.17, 15) is 0 Å². The average molecular weight is 246 g/mol. The minimum Gasteiger partial charge on any atom is -0.264 e. The molecule has 0 saturated carbocycles. The number of alkyl halides is 1. The van der Waals surface area contributed by atoms with Crippen LogP contribution in [0, 0.1) is 0 Å². The lowest BCUT2D eigenvalue weighted by Gasteiger charge is -2.30. The molecule has 0 bridgehead atoms. The molecule has 0 spiro atoms. The predicted octanol–water partition coefficient (Wildman–Crippen LogP) is 4.34. The molecule has 1 atom stereocenters. The van der Waals surface area contributed by atoms with Crippen molar-refractivity contribution in [3.8, 4) is 0 Å². The molecule has 17 heavy (non-hydrogen) atoms. The first-order chi connectivity index (χ1) is 8.12. The van der Waals surface area contributed by atoms with E-state index in [-0.39, 0.29) is 10.8 Å². The summed E-state index contributed by atoms with van der Waals surface area (Å²) in [6, 6.07) is 14.2. The van der Waals surface area contributed by atoms with Crippen molar-refractivity contribution in [2.75, 3.05) is 0 Å². The molecule has 88 valence electrons. The van der Waals surface area contributed by atoms with Gasteiger partial charge < -0.3 is 0 Å². The fourth-order valence-corrected chi connectivity index (χ4v) is 2.20. The molecule has 2 heteroatoms. The van der Waals surface area contributed by atoms with E-state index in [1.165, 1.54) is 0 Å². The summed E-state index contributed by atoms with van der Waals surface area (Å²) in [6.07, 6.45) is 3.67. The van der Waals surface area contributed by atoms with Gasteiger partial charge in [0, 0.05) is 17.8 Å². The molecular weight excluding hydrogens is 230 g/mol. The van der Waals surface area contributed by atoms with Crippen molar-refractivity contribution in [1.29, 1.82) is 0 Å². The predicted molar refractivity (Wildman–Crippen MR) is 72.3 cm³/mol. The van der Waals surface area contributed by atoms with Gasteiger partial charge in [0.05, 0.1) is 5.38 Å². The number of halogens is 1. The topological polar surface area (TPSA) is 12.9 Å². The molecule has 2 aromatic rings. The Hall–Kier alpha value is -1.34. The molecule has 0 unspecified atom stereocenters. The summed E-state index contributed by atoms with van der Waals surface area (Å²) < 4.78 is 0. The van der Waals surface area contributed by atoms with Crippen molar-refractivity contribution in [1.82, 2.24) is 4.98 Å². The highest BCUT2D eigenvalue weighted by molar-refractivity contribution is 6.21. The van der Waals surface area contributed by atoms with Crippen LogP contribution in [0.4, 0.5) is 0 Å². The van der Waals surface area contributed by atoms with Crippen LogP contribution in [-0.2, 0) is 5.41 Å². The third kappa shape index (κ3) is 2.50. The SMILES string of the molecule is CC(C)(c1cccnc1)[C@H](Cl)c1ccccc1. The lowest BCUT2D eigenvalue weighted by atomic mass is 9.79. The van der Waals surface area contributed by atoms with E-state index in [1.54, 1.807) is 6.20 Å². The minimum atomic E-state index is -0.142. The molecule has 0 amide bonds. The second-order valence-electron chi connectivity index (χ2n) is 4.74. The maximum absolute atomic E-state index is 6.60. The monoisotopic (exact) mass is 245 g/mol. The maximum Gasteiger partial charge on any atom is 0.0677 e. The molecule has 0 aliphatic heterocycles. The normalized spacial score (nSPS) is 13.4. The molecule has 1 nitrogen and oxygen atoms in total. The smallest absolute Gasteiger partial charge is 0.0677 e. The Morgan fingerprint density at radius 2 is 1.76 bits per heavy atom. The number of rotatable bonds is 3. The Balaban J connectivity index is 2.33. The Labute approximate surface area is 107 Å². The van der Waals surface area contributed by atoms with Crippen LogP contribution in [0.2, 0.25) is 0 Å². The highest BCUT2D eigenvalue weighted by atomic mass is 35.5. The number of aromatic nitrogens is 1. The zero-order valence-corrected chi connectivity index (χ0v) is 10.9. The number of benzene rings is 1. The summed E-state index contributed by atoms with van der Waals surface area (Å²) in [5.74, 6) is 0. The van der Waals surface area contributed by atoms with Gasteiger partial charge >= 0.3 is 0 Å². The van der Waals surface area contributed by atoms with E-state index in [0.29, 0.717) is 0 Å². The van der Waals surface area contributed by atoms with E-state index in [0.717, 1.165) is 11.1 Å². The molecule has 0 saturated heterocycles. The summed E-state index contributed by atoms with van der Waals surface area (Å²) in [6.45, 7) is 4.30. The van der Waals surface area contributed by atoms with Gasteiger partial charge in [-0.2, -0.15) is 0 Å². The number of nitrogens with zero attached hydrogens (tertiary/aromatic N) is 1. The molecule has 1 aromatic heterocycles. The van der Waals surface area contributed by atoms with Gasteiger partial charge in [0.1, 0.15) is 0 Å². The van der Waals surface area contributed by atoms with Crippen LogP contribution >= 0.6 is 11.6 Å². The minimum absolute atomic E-state index is 0.0621. The zero-order chi connectivity index (χ0) is 12.3. The van der Waals surface area contributed by atoms with Crippen LogP contribution in [-0.4, -0.2) is 4.98 Å². The van der Waals surface area contributed by atoms with Gasteiger partial charge in [-0.1, -0.05) is 50.2 Å². The van der Waals surface area contributed by atoms with Crippen molar-refractivity contribution < 1.29 is 0 Å². The van der Waals surface area contributed by atoms with E-state index >= 15 is 0 Å². The van der Waals surface area contributed by atoms with Crippen molar-refractivity contribution >= 4 is 11.6 Å². The van der Waals surface area contributed by atoms with Gasteiger partial charge in [0.15, 0.2) is 0 Å². The van der Waals surface area contributed by atoms with Gasteiger partial charge in [-0.05, 0) is 17.2 Å². The van der Waals surface area contributed by atoms with Crippen molar-refractivity contribution in [2.45, 2.75) is 24.6 Å². The molecule has 1 heterocycles. The summed E-state index contributed by atoms with van der Waals surface area (Å²) in [5, 5.41) is -0.0621. The van der Waals surface area contributed by atoms with Gasteiger partial charge in [-0.3, -0.25) is 4.98 Å². The third-order valence-corrected chi connectivity index (χ3v) is 3.93. The molecule has 2 rings (SSSR count). The maximum atomic E-state index is 6.60. The fourth-order valence-electron chi connectivity index (χ4n) is 1.93. The third-order valence-electron chi connectivity index (χ3n) is 3.13. The molecule has 0 fully saturated rings. The van der Waals surface area contributed by atoms with Crippen LogP contribution in [0.15, 0.2) is 54.9 Å². The van der Waals surface area contributed by atoms with E-state index in [2.05, 4.69) is 37.0 Å². The molecule has 0 radical (unpaired) electrons. The first-order valence-corrected chi connectivity index (χ1v) is 6.15. The first kappa shape index (κ1) is 12.1. The first-order valence-electron chi connectivity index (χ1n) is 5.72. The van der Waals surface area contributed by atoms with Crippen LogP contribution in [0.1, 0.15) is 30.4 Å². The Morgan fingerprint density at radius 3 is 2.35 bits per heavy atom. The highest BCUT2D eigenvalue weighted by Crippen LogP contribution is 2.40. The van der Waals surface area contributed by atoms with Gasteiger partial charge in [-0.25, -0.2) is 0 Å². The second-order valence-corrected chi connectivity index (χ2v) is 5.17. The Bertz CT molecular complexity index is 465. The summed E-state index contributed by atoms with van der Waals surface area (Å²) in [5.41, 5.74) is 2.16. The average Bonchev–Trinajstić information content (AvgIpc) is 2.40. The zero-order valence-electron chi connectivity index (χ0n) is 10.1.